The molecule has 0 fully saturated rings. The first-order valence-corrected chi connectivity index (χ1v) is 6.46. The molecular formula is C16H20O4. The average Bonchev–Trinajstić information content (AvgIpc) is 2.35. The van der Waals surface area contributed by atoms with Crippen molar-refractivity contribution in [3.63, 3.8) is 0 Å². The van der Waals surface area contributed by atoms with Gasteiger partial charge in [-0.05, 0) is 40.5 Å². The zero-order valence-corrected chi connectivity index (χ0v) is 12.3. The summed E-state index contributed by atoms with van der Waals surface area (Å²) < 4.78 is 0. The van der Waals surface area contributed by atoms with Gasteiger partial charge >= 0.3 is 0 Å². The van der Waals surface area contributed by atoms with E-state index in [0.29, 0.717) is 0 Å². The number of Topliss-reactive ketones (excluding diaryl/α,β-unsaturated/α-hetero) is 2. The topological polar surface area (TPSA) is 74.6 Å². The van der Waals surface area contributed by atoms with Crippen molar-refractivity contribution in [1.82, 2.24) is 0 Å². The van der Waals surface area contributed by atoms with Gasteiger partial charge in [-0.15, -0.1) is 0 Å². The Morgan fingerprint density at radius 2 is 1.10 bits per heavy atom. The van der Waals surface area contributed by atoms with Crippen molar-refractivity contribution >= 4 is 11.6 Å². The summed E-state index contributed by atoms with van der Waals surface area (Å²) in [5, 5.41) is 19.8. The first-order valence-electron chi connectivity index (χ1n) is 6.46. The molecule has 0 heterocycles. The van der Waals surface area contributed by atoms with E-state index in [1.54, 1.807) is 12.2 Å². The minimum Gasteiger partial charge on any atom is -0.504 e. The number of hydrogen-bond donors (Lipinski definition) is 2. The highest BCUT2D eigenvalue weighted by Crippen LogP contribution is 2.27. The quantitative estimate of drug-likeness (QED) is 0.609. The highest BCUT2D eigenvalue weighted by Gasteiger charge is 2.33. The van der Waals surface area contributed by atoms with Gasteiger partial charge in [0.25, 0.3) is 0 Å². The molecule has 0 aliphatic heterocycles. The van der Waals surface area contributed by atoms with Crippen molar-refractivity contribution in [2.75, 3.05) is 0 Å². The van der Waals surface area contributed by atoms with Crippen molar-refractivity contribution in [2.24, 2.45) is 0 Å². The van der Waals surface area contributed by atoms with E-state index in [1.165, 1.54) is 0 Å². The predicted molar refractivity (Wildman–Crippen MR) is 77.4 cm³/mol. The Morgan fingerprint density at radius 3 is 1.35 bits per heavy atom. The van der Waals surface area contributed by atoms with Gasteiger partial charge in [-0.1, -0.05) is 23.3 Å². The molecule has 0 saturated heterocycles. The lowest BCUT2D eigenvalue weighted by atomic mass is 9.89. The van der Waals surface area contributed by atoms with E-state index >= 15 is 0 Å². The molecule has 0 aromatic carbocycles. The van der Waals surface area contributed by atoms with E-state index in [0.717, 1.165) is 11.1 Å². The molecule has 0 spiro atoms. The molecule has 1 rings (SSSR count). The van der Waals surface area contributed by atoms with Crippen LogP contribution in [0.3, 0.4) is 0 Å². The molecule has 0 saturated carbocycles. The molecule has 1 aliphatic rings. The van der Waals surface area contributed by atoms with Crippen molar-refractivity contribution in [1.29, 1.82) is 0 Å². The Labute approximate surface area is 118 Å². The maximum atomic E-state index is 12.0. The lowest BCUT2D eigenvalue weighted by molar-refractivity contribution is -0.120. The highest BCUT2D eigenvalue weighted by atomic mass is 16.3. The van der Waals surface area contributed by atoms with Gasteiger partial charge in [0.2, 0.25) is 11.6 Å². The fraction of sp³-hybridized carbons (Fsp3) is 0.375. The summed E-state index contributed by atoms with van der Waals surface area (Å²) in [6.45, 7) is 7.40. The number of allylic oxidation sites excluding steroid dienone is 6. The molecule has 0 bridgehead atoms. The van der Waals surface area contributed by atoms with Gasteiger partial charge in [-0.2, -0.15) is 0 Å². The van der Waals surface area contributed by atoms with E-state index in [-0.39, 0.29) is 24.0 Å². The first-order chi connectivity index (χ1) is 9.25. The molecule has 108 valence electrons. The molecule has 0 unspecified atom stereocenters. The summed E-state index contributed by atoms with van der Waals surface area (Å²) in [6, 6.07) is 0. The van der Waals surface area contributed by atoms with Crippen LogP contribution in [0, 0.1) is 0 Å². The third-order valence-corrected chi connectivity index (χ3v) is 2.98. The molecule has 20 heavy (non-hydrogen) atoms. The van der Waals surface area contributed by atoms with Crippen molar-refractivity contribution in [3.05, 3.63) is 46.0 Å². The molecule has 4 heteroatoms. The Morgan fingerprint density at radius 1 is 0.800 bits per heavy atom. The van der Waals surface area contributed by atoms with Crippen molar-refractivity contribution in [3.8, 4) is 0 Å². The number of aliphatic hydroxyl groups excluding tert-OH is 2. The highest BCUT2D eigenvalue weighted by molar-refractivity contribution is 6.23. The summed E-state index contributed by atoms with van der Waals surface area (Å²) >= 11 is 0. The minimum atomic E-state index is -0.670. The fourth-order valence-corrected chi connectivity index (χ4v) is 1.77. The van der Waals surface area contributed by atoms with Crippen LogP contribution in [-0.4, -0.2) is 21.8 Å². The average molecular weight is 276 g/mol. The van der Waals surface area contributed by atoms with E-state index in [4.69, 9.17) is 0 Å². The molecule has 0 aromatic heterocycles. The second-order valence-corrected chi connectivity index (χ2v) is 5.28. The van der Waals surface area contributed by atoms with E-state index < -0.39 is 23.1 Å². The number of aliphatic hydroxyl groups is 2. The van der Waals surface area contributed by atoms with E-state index in [9.17, 15) is 19.8 Å². The molecule has 0 aromatic rings. The molecule has 1 aliphatic carbocycles. The summed E-state index contributed by atoms with van der Waals surface area (Å²) in [5.74, 6) is -2.45. The van der Waals surface area contributed by atoms with Gasteiger partial charge in [-0.25, -0.2) is 0 Å². The van der Waals surface area contributed by atoms with Gasteiger partial charge in [0.05, 0.1) is 11.1 Å². The Hall–Kier alpha value is -2.10. The fourth-order valence-electron chi connectivity index (χ4n) is 1.77. The number of carbonyl (C=O) groups excluding carboxylic acids is 2. The SMILES string of the molecule is CC(C)=CCC1=C(O)C(=O)C(CC=C(C)C)=C(O)C1=O. The first kappa shape index (κ1) is 16.0. The number of carbonyl (C=O) groups is 2. The van der Waals surface area contributed by atoms with Crippen molar-refractivity contribution < 1.29 is 19.8 Å². The monoisotopic (exact) mass is 276 g/mol. The van der Waals surface area contributed by atoms with Gasteiger partial charge in [0.15, 0.2) is 11.5 Å². The summed E-state index contributed by atoms with van der Waals surface area (Å²) in [4.78, 5) is 24.0. The molecule has 4 nitrogen and oxygen atoms in total. The lowest BCUT2D eigenvalue weighted by Crippen LogP contribution is -2.23. The van der Waals surface area contributed by atoms with Crippen LogP contribution in [0.5, 0.6) is 0 Å². The summed E-state index contributed by atoms with van der Waals surface area (Å²) in [6.07, 6.45) is 3.73. The largest absolute Gasteiger partial charge is 0.504 e. The molecule has 0 amide bonds. The second-order valence-electron chi connectivity index (χ2n) is 5.28. The van der Waals surface area contributed by atoms with Gasteiger partial charge in [-0.3, -0.25) is 9.59 Å². The van der Waals surface area contributed by atoms with Crippen LogP contribution < -0.4 is 0 Å². The summed E-state index contributed by atoms with van der Waals surface area (Å²) in [5.41, 5.74) is 1.83. The van der Waals surface area contributed by atoms with Gasteiger partial charge in [0, 0.05) is 0 Å². The minimum absolute atomic E-state index is 0.0466. The predicted octanol–water partition coefficient (Wildman–Crippen LogP) is 3.48. The second kappa shape index (κ2) is 6.37. The van der Waals surface area contributed by atoms with E-state index in [1.807, 2.05) is 27.7 Å². The molecule has 2 N–H and O–H groups in total. The Bertz CT molecular complexity index is 511. The van der Waals surface area contributed by atoms with Crippen LogP contribution >= 0.6 is 0 Å². The molecular weight excluding hydrogens is 256 g/mol. The zero-order valence-electron chi connectivity index (χ0n) is 12.3. The molecule has 0 atom stereocenters. The normalized spacial score (nSPS) is 15.6. The van der Waals surface area contributed by atoms with Crippen LogP contribution in [0.25, 0.3) is 0 Å². The zero-order chi connectivity index (χ0) is 15.4. The van der Waals surface area contributed by atoms with E-state index in [2.05, 4.69) is 0 Å². The van der Waals surface area contributed by atoms with Gasteiger partial charge in [0.1, 0.15) is 0 Å². The maximum absolute atomic E-state index is 12.0. The smallest absolute Gasteiger partial charge is 0.227 e. The third-order valence-electron chi connectivity index (χ3n) is 2.98. The van der Waals surface area contributed by atoms with Crippen LogP contribution in [0.15, 0.2) is 46.0 Å². The molecule has 0 radical (unpaired) electrons. The Balaban J connectivity index is 3.14. The van der Waals surface area contributed by atoms with Crippen LogP contribution in [0.4, 0.5) is 0 Å². The lowest BCUT2D eigenvalue weighted by Gasteiger charge is -2.16. The van der Waals surface area contributed by atoms with Crippen LogP contribution in [0.2, 0.25) is 0 Å². The number of hydrogen-bond acceptors (Lipinski definition) is 4. The number of rotatable bonds is 4. The van der Waals surface area contributed by atoms with Gasteiger partial charge < -0.3 is 10.2 Å². The standard InChI is InChI=1S/C16H20O4/c1-9(2)5-7-11-13(17)15(19)12(8-6-10(3)4)16(20)14(11)18/h5-6,17,20H,7-8H2,1-4H3. The third kappa shape index (κ3) is 3.47. The Kier molecular flexibility index (Phi) is 5.08. The summed E-state index contributed by atoms with van der Waals surface area (Å²) in [7, 11) is 0. The van der Waals surface area contributed by atoms with Crippen LogP contribution in [0.1, 0.15) is 40.5 Å². The van der Waals surface area contributed by atoms with Crippen molar-refractivity contribution in [2.45, 2.75) is 40.5 Å². The number of ketones is 2. The maximum Gasteiger partial charge on any atom is 0.227 e. The van der Waals surface area contributed by atoms with Crippen LogP contribution in [-0.2, 0) is 9.59 Å².